The fraction of sp³-hybridized carbons (Fsp3) is 0.500. The second-order valence-corrected chi connectivity index (χ2v) is 6.66. The van der Waals surface area contributed by atoms with Gasteiger partial charge in [-0.1, -0.05) is 11.2 Å². The number of methoxy groups -OCH3 is 2. The van der Waals surface area contributed by atoms with Gasteiger partial charge in [-0.2, -0.15) is 0 Å². The summed E-state index contributed by atoms with van der Waals surface area (Å²) in [6.45, 7) is 4.60. The lowest BCUT2D eigenvalue weighted by atomic mass is 10.0. The van der Waals surface area contributed by atoms with Crippen molar-refractivity contribution >= 4 is 5.91 Å². The van der Waals surface area contributed by atoms with Crippen LogP contribution in [0.3, 0.4) is 0 Å². The van der Waals surface area contributed by atoms with Crippen molar-refractivity contribution in [1.82, 2.24) is 10.1 Å². The number of carbonyl (C=O) groups is 1. The van der Waals surface area contributed by atoms with Gasteiger partial charge in [0.25, 0.3) is 0 Å². The Morgan fingerprint density at radius 2 is 2.04 bits per heavy atom. The van der Waals surface area contributed by atoms with E-state index in [1.807, 2.05) is 36.9 Å². The number of likely N-dealkylation sites (tertiary alicyclic amines) is 1. The predicted octanol–water partition coefficient (Wildman–Crippen LogP) is 3.60. The van der Waals surface area contributed by atoms with E-state index in [0.29, 0.717) is 24.3 Å². The fourth-order valence-electron chi connectivity index (χ4n) is 3.71. The molecular formula is C20H26N2O4. The van der Waals surface area contributed by atoms with E-state index < -0.39 is 0 Å². The number of aromatic nitrogens is 1. The van der Waals surface area contributed by atoms with Crippen LogP contribution in [0.1, 0.15) is 47.9 Å². The molecule has 1 fully saturated rings. The molecule has 0 saturated carbocycles. The third-order valence-corrected chi connectivity index (χ3v) is 5.14. The summed E-state index contributed by atoms with van der Waals surface area (Å²) in [5, 5.41) is 3.96. The molecule has 2 heterocycles. The highest BCUT2D eigenvalue weighted by Crippen LogP contribution is 2.37. The van der Waals surface area contributed by atoms with Crippen molar-refractivity contribution in [1.29, 1.82) is 0 Å². The first-order valence-corrected chi connectivity index (χ1v) is 8.98. The summed E-state index contributed by atoms with van der Waals surface area (Å²) in [4.78, 5) is 14.8. The van der Waals surface area contributed by atoms with Crippen LogP contribution in [0, 0.1) is 13.8 Å². The van der Waals surface area contributed by atoms with Crippen LogP contribution in [-0.4, -0.2) is 36.7 Å². The van der Waals surface area contributed by atoms with Crippen molar-refractivity contribution in [2.24, 2.45) is 0 Å². The SMILES string of the molecule is COc1ccc([C@@H]2CCCN2C(=O)CCc2c(C)noc2C)cc1OC. The average Bonchev–Trinajstić information content (AvgIpc) is 3.26. The van der Waals surface area contributed by atoms with Crippen molar-refractivity contribution in [3.05, 3.63) is 40.8 Å². The second-order valence-electron chi connectivity index (χ2n) is 6.66. The van der Waals surface area contributed by atoms with Gasteiger partial charge in [0.1, 0.15) is 5.76 Å². The maximum Gasteiger partial charge on any atom is 0.223 e. The topological polar surface area (TPSA) is 64.8 Å². The van der Waals surface area contributed by atoms with Crippen molar-refractivity contribution in [2.75, 3.05) is 20.8 Å². The summed E-state index contributed by atoms with van der Waals surface area (Å²) in [7, 11) is 3.25. The number of aryl methyl sites for hydroxylation is 2. The van der Waals surface area contributed by atoms with Gasteiger partial charge in [0.2, 0.25) is 5.91 Å². The van der Waals surface area contributed by atoms with Gasteiger partial charge in [-0.3, -0.25) is 4.79 Å². The molecule has 0 aliphatic carbocycles. The first kappa shape index (κ1) is 18.3. The minimum absolute atomic E-state index is 0.0898. The lowest BCUT2D eigenvalue weighted by molar-refractivity contribution is -0.132. The summed E-state index contributed by atoms with van der Waals surface area (Å²) >= 11 is 0. The molecule has 3 rings (SSSR count). The number of benzene rings is 1. The van der Waals surface area contributed by atoms with E-state index in [9.17, 15) is 4.79 Å². The van der Waals surface area contributed by atoms with E-state index in [1.165, 1.54) is 0 Å². The van der Waals surface area contributed by atoms with Gasteiger partial charge in [-0.25, -0.2) is 0 Å². The van der Waals surface area contributed by atoms with E-state index in [4.69, 9.17) is 14.0 Å². The fourth-order valence-corrected chi connectivity index (χ4v) is 3.71. The molecule has 0 spiro atoms. The number of amides is 1. The molecule has 6 nitrogen and oxygen atoms in total. The van der Waals surface area contributed by atoms with Crippen LogP contribution < -0.4 is 9.47 Å². The Morgan fingerprint density at radius 1 is 1.27 bits per heavy atom. The summed E-state index contributed by atoms with van der Waals surface area (Å²) in [6, 6.07) is 5.99. The number of nitrogens with zero attached hydrogens (tertiary/aromatic N) is 2. The van der Waals surface area contributed by atoms with Gasteiger partial charge in [0, 0.05) is 18.5 Å². The molecule has 1 saturated heterocycles. The van der Waals surface area contributed by atoms with Crippen LogP contribution in [0.15, 0.2) is 22.7 Å². The zero-order valence-corrected chi connectivity index (χ0v) is 15.9. The normalized spacial score (nSPS) is 16.8. The van der Waals surface area contributed by atoms with Crippen LogP contribution in [0.5, 0.6) is 11.5 Å². The molecule has 1 amide bonds. The van der Waals surface area contributed by atoms with Crippen LogP contribution in [0.25, 0.3) is 0 Å². The summed E-state index contributed by atoms with van der Waals surface area (Å²) in [5.74, 6) is 2.36. The highest BCUT2D eigenvalue weighted by molar-refractivity contribution is 5.77. The third-order valence-electron chi connectivity index (χ3n) is 5.14. The van der Waals surface area contributed by atoms with E-state index in [1.54, 1.807) is 14.2 Å². The van der Waals surface area contributed by atoms with Crippen LogP contribution in [0.2, 0.25) is 0 Å². The molecule has 140 valence electrons. The molecule has 2 aromatic rings. The first-order valence-electron chi connectivity index (χ1n) is 8.98. The first-order chi connectivity index (χ1) is 12.5. The Balaban J connectivity index is 1.72. The monoisotopic (exact) mass is 358 g/mol. The zero-order valence-electron chi connectivity index (χ0n) is 15.9. The molecule has 26 heavy (non-hydrogen) atoms. The maximum absolute atomic E-state index is 12.8. The molecule has 0 radical (unpaired) electrons. The minimum atomic E-state index is 0.0898. The molecule has 1 aromatic carbocycles. The quantitative estimate of drug-likeness (QED) is 0.789. The number of rotatable bonds is 6. The second kappa shape index (κ2) is 7.81. The Kier molecular flexibility index (Phi) is 5.49. The number of hydrogen-bond acceptors (Lipinski definition) is 5. The van der Waals surface area contributed by atoms with Gasteiger partial charge in [-0.05, 0) is 50.8 Å². The zero-order chi connectivity index (χ0) is 18.7. The van der Waals surface area contributed by atoms with Crippen molar-refractivity contribution in [2.45, 2.75) is 45.6 Å². The van der Waals surface area contributed by atoms with Gasteiger partial charge >= 0.3 is 0 Å². The largest absolute Gasteiger partial charge is 0.493 e. The Morgan fingerprint density at radius 3 is 2.69 bits per heavy atom. The summed E-state index contributed by atoms with van der Waals surface area (Å²) < 4.78 is 15.9. The molecule has 1 aliphatic rings. The van der Waals surface area contributed by atoms with E-state index in [-0.39, 0.29) is 11.9 Å². The molecule has 0 unspecified atom stereocenters. The maximum atomic E-state index is 12.8. The number of hydrogen-bond donors (Lipinski definition) is 0. The molecule has 0 bridgehead atoms. The molecule has 1 aliphatic heterocycles. The standard InChI is InChI=1S/C20H26N2O4/c1-13-16(14(2)26-21-13)8-10-20(23)22-11-5-6-17(22)15-7-9-18(24-3)19(12-15)25-4/h7,9,12,17H,5-6,8,10-11H2,1-4H3/t17-/m0/s1. The Bertz CT molecular complexity index is 765. The predicted molar refractivity (Wildman–Crippen MR) is 97.5 cm³/mol. The Hall–Kier alpha value is -2.50. The van der Waals surface area contributed by atoms with Crippen LogP contribution in [0.4, 0.5) is 0 Å². The van der Waals surface area contributed by atoms with E-state index in [0.717, 1.165) is 42.0 Å². The average molecular weight is 358 g/mol. The van der Waals surface area contributed by atoms with E-state index >= 15 is 0 Å². The van der Waals surface area contributed by atoms with Crippen LogP contribution >= 0.6 is 0 Å². The minimum Gasteiger partial charge on any atom is -0.493 e. The molecule has 0 N–H and O–H groups in total. The smallest absolute Gasteiger partial charge is 0.223 e. The molecular weight excluding hydrogens is 332 g/mol. The summed E-state index contributed by atoms with van der Waals surface area (Å²) in [5.41, 5.74) is 3.00. The van der Waals surface area contributed by atoms with Gasteiger partial charge in [-0.15, -0.1) is 0 Å². The van der Waals surface area contributed by atoms with E-state index in [2.05, 4.69) is 5.16 Å². The lowest BCUT2D eigenvalue weighted by Gasteiger charge is -2.26. The van der Waals surface area contributed by atoms with Crippen molar-refractivity contribution < 1.29 is 18.8 Å². The van der Waals surface area contributed by atoms with Crippen molar-refractivity contribution in [3.8, 4) is 11.5 Å². The number of ether oxygens (including phenoxy) is 2. The van der Waals surface area contributed by atoms with Gasteiger partial charge in [0.05, 0.1) is 26.0 Å². The van der Waals surface area contributed by atoms with Gasteiger partial charge in [0.15, 0.2) is 11.5 Å². The molecule has 1 aromatic heterocycles. The molecule has 6 heteroatoms. The highest BCUT2D eigenvalue weighted by atomic mass is 16.5. The third kappa shape index (κ3) is 3.54. The lowest BCUT2D eigenvalue weighted by Crippen LogP contribution is -2.30. The number of carbonyl (C=O) groups excluding carboxylic acids is 1. The highest BCUT2D eigenvalue weighted by Gasteiger charge is 2.30. The molecule has 1 atom stereocenters. The summed E-state index contributed by atoms with van der Waals surface area (Å²) in [6.07, 6.45) is 3.10. The Labute approximate surface area is 154 Å². The van der Waals surface area contributed by atoms with Crippen molar-refractivity contribution in [3.63, 3.8) is 0 Å². The van der Waals surface area contributed by atoms with Crippen LogP contribution in [-0.2, 0) is 11.2 Å². The van der Waals surface area contributed by atoms with Gasteiger partial charge < -0.3 is 18.9 Å².